The number of amides is 2. The largest absolute Gasteiger partial charge is 0.497 e. The van der Waals surface area contributed by atoms with Gasteiger partial charge in [0.05, 0.1) is 13.7 Å². The number of hydrogen-bond acceptors (Lipinski definition) is 5. The summed E-state index contributed by atoms with van der Waals surface area (Å²) in [5, 5.41) is 10.7. The fourth-order valence-corrected chi connectivity index (χ4v) is 2.96. The van der Waals surface area contributed by atoms with Crippen LogP contribution in [0, 0.1) is 0 Å². The number of likely N-dealkylation sites (tertiary alicyclic amines) is 1. The summed E-state index contributed by atoms with van der Waals surface area (Å²) in [6.07, 6.45) is 4.16. The van der Waals surface area contributed by atoms with E-state index in [0.29, 0.717) is 19.0 Å². The van der Waals surface area contributed by atoms with Gasteiger partial charge in [0, 0.05) is 25.4 Å². The minimum atomic E-state index is -0.0500. The number of urea groups is 1. The number of carbonyl (C=O) groups excluding carboxylic acids is 1. The van der Waals surface area contributed by atoms with E-state index in [1.54, 1.807) is 30.3 Å². The molecule has 1 aliphatic rings. The molecule has 0 bridgehead atoms. The van der Waals surface area contributed by atoms with E-state index in [1.807, 2.05) is 24.3 Å². The topological polar surface area (TPSA) is 76.6 Å². The zero-order valence-corrected chi connectivity index (χ0v) is 14.9. The van der Waals surface area contributed by atoms with Gasteiger partial charge in [0.25, 0.3) is 0 Å². The van der Waals surface area contributed by atoms with Gasteiger partial charge in [-0.3, -0.25) is 0 Å². The van der Waals surface area contributed by atoms with Crippen LogP contribution in [0.4, 0.5) is 4.79 Å². The Balaban J connectivity index is 1.43. The van der Waals surface area contributed by atoms with Crippen molar-refractivity contribution < 1.29 is 14.3 Å². The number of rotatable bonds is 6. The Hall–Kier alpha value is -2.83. The van der Waals surface area contributed by atoms with Crippen molar-refractivity contribution in [1.82, 2.24) is 20.4 Å². The third-order valence-corrected chi connectivity index (χ3v) is 4.35. The molecular weight excluding hydrogens is 332 g/mol. The molecule has 1 unspecified atom stereocenters. The minimum absolute atomic E-state index is 0.0483. The highest BCUT2D eigenvalue weighted by molar-refractivity contribution is 5.74. The van der Waals surface area contributed by atoms with Gasteiger partial charge < -0.3 is 19.7 Å². The molecule has 2 aromatic rings. The van der Waals surface area contributed by atoms with Gasteiger partial charge in [0.2, 0.25) is 5.88 Å². The van der Waals surface area contributed by atoms with Crippen LogP contribution in [0.25, 0.3) is 0 Å². The van der Waals surface area contributed by atoms with Gasteiger partial charge in [0.15, 0.2) is 0 Å². The van der Waals surface area contributed by atoms with Crippen LogP contribution in [0.5, 0.6) is 11.6 Å². The number of carbonyl (C=O) groups is 1. The lowest BCUT2D eigenvalue weighted by Gasteiger charge is -2.32. The van der Waals surface area contributed by atoms with Crippen molar-refractivity contribution in [3.63, 3.8) is 0 Å². The van der Waals surface area contributed by atoms with Gasteiger partial charge in [-0.1, -0.05) is 12.1 Å². The van der Waals surface area contributed by atoms with E-state index in [0.717, 1.165) is 37.1 Å². The SMILES string of the molecule is COc1ccc(CCNC(=O)N2CCCC(Oc3cccnn3)C2)cc1. The Labute approximate surface area is 153 Å². The highest BCUT2D eigenvalue weighted by atomic mass is 16.5. The second-order valence-corrected chi connectivity index (χ2v) is 6.22. The normalized spacial score (nSPS) is 16.8. The third-order valence-electron chi connectivity index (χ3n) is 4.35. The van der Waals surface area contributed by atoms with E-state index < -0.39 is 0 Å². The lowest BCUT2D eigenvalue weighted by atomic mass is 10.1. The first-order valence-corrected chi connectivity index (χ1v) is 8.84. The second-order valence-electron chi connectivity index (χ2n) is 6.22. The summed E-state index contributed by atoms with van der Waals surface area (Å²) >= 11 is 0. The van der Waals surface area contributed by atoms with Crippen LogP contribution in [0.1, 0.15) is 18.4 Å². The summed E-state index contributed by atoms with van der Waals surface area (Å²) in [7, 11) is 1.65. The van der Waals surface area contributed by atoms with Crippen LogP contribution in [0.3, 0.4) is 0 Å². The Bertz CT molecular complexity index is 694. The first-order valence-electron chi connectivity index (χ1n) is 8.84. The minimum Gasteiger partial charge on any atom is -0.497 e. The highest BCUT2D eigenvalue weighted by Gasteiger charge is 2.25. The van der Waals surface area contributed by atoms with Crippen LogP contribution < -0.4 is 14.8 Å². The molecule has 1 saturated heterocycles. The Morgan fingerprint density at radius 2 is 2.15 bits per heavy atom. The molecule has 2 amide bonds. The molecule has 7 heteroatoms. The van der Waals surface area contributed by atoms with Gasteiger partial charge in [-0.25, -0.2) is 4.79 Å². The van der Waals surface area contributed by atoms with Crippen LogP contribution in [-0.2, 0) is 6.42 Å². The van der Waals surface area contributed by atoms with Crippen molar-refractivity contribution in [2.45, 2.75) is 25.4 Å². The summed E-state index contributed by atoms with van der Waals surface area (Å²) in [5.41, 5.74) is 1.16. The number of ether oxygens (including phenoxy) is 2. The lowest BCUT2D eigenvalue weighted by Crippen LogP contribution is -2.49. The fraction of sp³-hybridized carbons (Fsp3) is 0.421. The molecule has 1 fully saturated rings. The molecule has 0 radical (unpaired) electrons. The molecule has 3 rings (SSSR count). The lowest BCUT2D eigenvalue weighted by molar-refractivity contribution is 0.0971. The van der Waals surface area contributed by atoms with Crippen molar-refractivity contribution in [2.75, 3.05) is 26.7 Å². The van der Waals surface area contributed by atoms with Crippen LogP contribution >= 0.6 is 0 Å². The fourth-order valence-electron chi connectivity index (χ4n) is 2.96. The Morgan fingerprint density at radius 3 is 2.88 bits per heavy atom. The summed E-state index contributed by atoms with van der Waals surface area (Å²) < 4.78 is 11.0. The number of aromatic nitrogens is 2. The summed E-state index contributed by atoms with van der Waals surface area (Å²) in [6, 6.07) is 11.4. The number of nitrogens with zero attached hydrogens (tertiary/aromatic N) is 3. The number of hydrogen-bond donors (Lipinski definition) is 1. The van der Waals surface area contributed by atoms with Gasteiger partial charge in [-0.05, 0) is 43.0 Å². The molecule has 0 aliphatic carbocycles. The smallest absolute Gasteiger partial charge is 0.317 e. The van der Waals surface area contributed by atoms with Crippen molar-refractivity contribution in [3.8, 4) is 11.6 Å². The average molecular weight is 356 g/mol. The molecule has 138 valence electrons. The molecule has 1 atom stereocenters. The van der Waals surface area contributed by atoms with Gasteiger partial charge in [0.1, 0.15) is 11.9 Å². The number of nitrogens with one attached hydrogen (secondary N) is 1. The van der Waals surface area contributed by atoms with E-state index in [-0.39, 0.29) is 12.1 Å². The van der Waals surface area contributed by atoms with E-state index in [4.69, 9.17) is 9.47 Å². The number of piperidine rings is 1. The van der Waals surface area contributed by atoms with Crippen LogP contribution in [0.15, 0.2) is 42.6 Å². The average Bonchev–Trinajstić information content (AvgIpc) is 2.69. The third kappa shape index (κ3) is 5.08. The Kier molecular flexibility index (Phi) is 6.24. The molecular formula is C19H24N4O3. The van der Waals surface area contributed by atoms with Crippen LogP contribution in [-0.4, -0.2) is 54.0 Å². The van der Waals surface area contributed by atoms with E-state index in [9.17, 15) is 4.79 Å². The molecule has 1 N–H and O–H groups in total. The molecule has 1 aliphatic heterocycles. The maximum Gasteiger partial charge on any atom is 0.317 e. The van der Waals surface area contributed by atoms with Gasteiger partial charge >= 0.3 is 6.03 Å². The number of benzene rings is 1. The van der Waals surface area contributed by atoms with Crippen molar-refractivity contribution in [2.24, 2.45) is 0 Å². The standard InChI is InChI=1S/C19H24N4O3/c1-25-16-8-6-15(7-9-16)10-12-20-19(24)23-13-3-4-17(14-23)26-18-5-2-11-21-22-18/h2,5-9,11,17H,3-4,10,12-14H2,1H3,(H,20,24). The summed E-state index contributed by atoms with van der Waals surface area (Å²) in [4.78, 5) is 14.2. The monoisotopic (exact) mass is 356 g/mol. The van der Waals surface area contributed by atoms with Crippen molar-refractivity contribution in [3.05, 3.63) is 48.2 Å². The summed E-state index contributed by atoms with van der Waals surface area (Å²) in [6.45, 7) is 1.90. The maximum absolute atomic E-state index is 12.4. The van der Waals surface area contributed by atoms with Crippen molar-refractivity contribution >= 4 is 6.03 Å². The van der Waals surface area contributed by atoms with Gasteiger partial charge in [-0.2, -0.15) is 5.10 Å². The zero-order chi connectivity index (χ0) is 18.2. The molecule has 0 saturated carbocycles. The predicted molar refractivity (Wildman–Crippen MR) is 97.4 cm³/mol. The maximum atomic E-state index is 12.4. The highest BCUT2D eigenvalue weighted by Crippen LogP contribution is 2.16. The van der Waals surface area contributed by atoms with E-state index >= 15 is 0 Å². The summed E-state index contributed by atoms with van der Waals surface area (Å²) in [5.74, 6) is 1.33. The van der Waals surface area contributed by atoms with Crippen molar-refractivity contribution in [1.29, 1.82) is 0 Å². The van der Waals surface area contributed by atoms with Crippen LogP contribution in [0.2, 0.25) is 0 Å². The van der Waals surface area contributed by atoms with Gasteiger partial charge in [-0.15, -0.1) is 5.10 Å². The molecule has 7 nitrogen and oxygen atoms in total. The van der Waals surface area contributed by atoms with E-state index in [1.165, 1.54) is 0 Å². The molecule has 2 heterocycles. The molecule has 1 aromatic carbocycles. The zero-order valence-electron chi connectivity index (χ0n) is 14.9. The molecule has 26 heavy (non-hydrogen) atoms. The first kappa shape index (κ1) is 18.0. The second kappa shape index (κ2) is 9.03. The predicted octanol–water partition coefficient (Wildman–Crippen LogP) is 2.28. The molecule has 0 spiro atoms. The Morgan fingerprint density at radius 1 is 1.31 bits per heavy atom. The molecule has 1 aromatic heterocycles. The first-order chi connectivity index (χ1) is 12.7. The quantitative estimate of drug-likeness (QED) is 0.859. The van der Waals surface area contributed by atoms with E-state index in [2.05, 4.69) is 15.5 Å². The number of methoxy groups -OCH3 is 1.